The Hall–Kier alpha value is -1.32. The first-order valence-corrected chi connectivity index (χ1v) is 7.78. The molecule has 4 heteroatoms. The first-order valence-electron chi connectivity index (χ1n) is 7.78. The molecule has 0 spiro atoms. The van der Waals surface area contributed by atoms with Gasteiger partial charge in [-0.1, -0.05) is 6.42 Å². The normalized spacial score (nSPS) is 29.7. The van der Waals surface area contributed by atoms with E-state index in [4.69, 9.17) is 0 Å². The SMILES string of the molecule is Cc1nn(C)c(C)c1C(=O)N[C@@H](C)[C@H]1C[C@H]2CC[C@H]1C2. The van der Waals surface area contributed by atoms with Gasteiger partial charge in [-0.15, -0.1) is 0 Å². The topological polar surface area (TPSA) is 46.9 Å². The molecule has 110 valence electrons. The number of amides is 1. The van der Waals surface area contributed by atoms with Crippen LogP contribution in [-0.2, 0) is 7.05 Å². The lowest BCUT2D eigenvalue weighted by Crippen LogP contribution is -2.40. The Labute approximate surface area is 120 Å². The zero-order valence-electron chi connectivity index (χ0n) is 12.9. The highest BCUT2D eigenvalue weighted by molar-refractivity contribution is 5.96. The van der Waals surface area contributed by atoms with Gasteiger partial charge in [0.05, 0.1) is 11.3 Å². The maximum atomic E-state index is 12.5. The van der Waals surface area contributed by atoms with Crippen LogP contribution < -0.4 is 5.32 Å². The highest BCUT2D eigenvalue weighted by atomic mass is 16.1. The summed E-state index contributed by atoms with van der Waals surface area (Å²) in [5.41, 5.74) is 2.52. The Morgan fingerprint density at radius 1 is 1.35 bits per heavy atom. The van der Waals surface area contributed by atoms with Crippen molar-refractivity contribution >= 4 is 5.91 Å². The molecule has 1 heterocycles. The van der Waals surface area contributed by atoms with Crippen molar-refractivity contribution in [2.45, 2.75) is 52.5 Å². The van der Waals surface area contributed by atoms with E-state index in [9.17, 15) is 4.79 Å². The molecular weight excluding hydrogens is 250 g/mol. The van der Waals surface area contributed by atoms with Crippen LogP contribution in [0.25, 0.3) is 0 Å². The summed E-state index contributed by atoms with van der Waals surface area (Å²) in [6.07, 6.45) is 5.45. The quantitative estimate of drug-likeness (QED) is 0.921. The van der Waals surface area contributed by atoms with Crippen molar-refractivity contribution in [3.8, 4) is 0 Å². The third-order valence-electron chi connectivity index (χ3n) is 5.53. The lowest BCUT2D eigenvalue weighted by Gasteiger charge is -2.28. The molecule has 2 aliphatic rings. The van der Waals surface area contributed by atoms with Gasteiger partial charge in [0.25, 0.3) is 5.91 Å². The average Bonchev–Trinajstić information content (AvgIpc) is 3.05. The average molecular weight is 275 g/mol. The van der Waals surface area contributed by atoms with Crippen LogP contribution in [0.4, 0.5) is 0 Å². The minimum Gasteiger partial charge on any atom is -0.349 e. The molecule has 2 fully saturated rings. The molecule has 20 heavy (non-hydrogen) atoms. The fourth-order valence-electron chi connectivity index (χ4n) is 4.39. The van der Waals surface area contributed by atoms with Gasteiger partial charge in [-0.3, -0.25) is 9.48 Å². The molecule has 0 aliphatic heterocycles. The number of carbonyl (C=O) groups excluding carboxylic acids is 1. The Balaban J connectivity index is 1.69. The molecule has 1 aromatic rings. The van der Waals surface area contributed by atoms with Crippen LogP contribution in [0.2, 0.25) is 0 Å². The van der Waals surface area contributed by atoms with E-state index in [1.165, 1.54) is 25.7 Å². The van der Waals surface area contributed by atoms with Crippen LogP contribution in [0.5, 0.6) is 0 Å². The second-order valence-electron chi connectivity index (χ2n) is 6.77. The number of nitrogens with zero attached hydrogens (tertiary/aromatic N) is 2. The largest absolute Gasteiger partial charge is 0.349 e. The van der Waals surface area contributed by atoms with Crippen molar-refractivity contribution in [1.29, 1.82) is 0 Å². The third kappa shape index (κ3) is 2.15. The van der Waals surface area contributed by atoms with E-state index in [2.05, 4.69) is 17.3 Å². The maximum Gasteiger partial charge on any atom is 0.255 e. The zero-order chi connectivity index (χ0) is 14.4. The van der Waals surface area contributed by atoms with E-state index < -0.39 is 0 Å². The van der Waals surface area contributed by atoms with E-state index >= 15 is 0 Å². The van der Waals surface area contributed by atoms with Crippen molar-refractivity contribution in [3.63, 3.8) is 0 Å². The van der Waals surface area contributed by atoms with E-state index in [0.29, 0.717) is 5.92 Å². The summed E-state index contributed by atoms with van der Waals surface area (Å²) in [6.45, 7) is 6.03. The maximum absolute atomic E-state index is 12.5. The highest BCUT2D eigenvalue weighted by Crippen LogP contribution is 2.49. The molecule has 1 amide bonds. The Bertz CT molecular complexity index is 534. The minimum atomic E-state index is 0.0448. The second-order valence-corrected chi connectivity index (χ2v) is 6.77. The number of carbonyl (C=O) groups is 1. The second kappa shape index (κ2) is 4.90. The number of aromatic nitrogens is 2. The molecule has 1 aromatic heterocycles. The lowest BCUT2D eigenvalue weighted by atomic mass is 9.84. The van der Waals surface area contributed by atoms with Gasteiger partial charge < -0.3 is 5.32 Å². The van der Waals surface area contributed by atoms with Crippen LogP contribution in [0.3, 0.4) is 0 Å². The van der Waals surface area contributed by atoms with Crippen LogP contribution in [-0.4, -0.2) is 21.7 Å². The molecule has 0 saturated heterocycles. The van der Waals surface area contributed by atoms with Crippen LogP contribution in [0, 0.1) is 31.6 Å². The van der Waals surface area contributed by atoms with Crippen LogP contribution >= 0.6 is 0 Å². The molecule has 2 aliphatic carbocycles. The number of rotatable bonds is 3. The molecule has 1 N–H and O–H groups in total. The van der Waals surface area contributed by atoms with Gasteiger partial charge in [0, 0.05) is 18.8 Å². The summed E-state index contributed by atoms with van der Waals surface area (Å²) in [5.74, 6) is 2.48. The zero-order valence-corrected chi connectivity index (χ0v) is 12.9. The fraction of sp³-hybridized carbons (Fsp3) is 0.750. The van der Waals surface area contributed by atoms with E-state index in [1.54, 1.807) is 4.68 Å². The summed E-state index contributed by atoms with van der Waals surface area (Å²) in [7, 11) is 1.89. The number of fused-ring (bicyclic) bond motifs is 2. The van der Waals surface area contributed by atoms with Gasteiger partial charge in [-0.05, 0) is 57.8 Å². The molecule has 4 atom stereocenters. The van der Waals surface area contributed by atoms with Crippen molar-refractivity contribution < 1.29 is 4.79 Å². The van der Waals surface area contributed by atoms with Crippen molar-refractivity contribution in [2.75, 3.05) is 0 Å². The number of hydrogen-bond acceptors (Lipinski definition) is 2. The predicted molar refractivity (Wildman–Crippen MR) is 78.5 cm³/mol. The van der Waals surface area contributed by atoms with Gasteiger partial charge in [0.2, 0.25) is 0 Å². The molecule has 4 nitrogen and oxygen atoms in total. The monoisotopic (exact) mass is 275 g/mol. The molecule has 2 saturated carbocycles. The Morgan fingerprint density at radius 3 is 2.60 bits per heavy atom. The van der Waals surface area contributed by atoms with Crippen molar-refractivity contribution in [1.82, 2.24) is 15.1 Å². The van der Waals surface area contributed by atoms with Crippen molar-refractivity contribution in [3.05, 3.63) is 17.0 Å². The third-order valence-corrected chi connectivity index (χ3v) is 5.53. The molecule has 0 radical (unpaired) electrons. The summed E-state index contributed by atoms with van der Waals surface area (Å²) in [6, 6.07) is 0.275. The fourth-order valence-corrected chi connectivity index (χ4v) is 4.39. The molecule has 0 unspecified atom stereocenters. The number of nitrogens with one attached hydrogen (secondary N) is 1. The van der Waals surface area contributed by atoms with Crippen molar-refractivity contribution in [2.24, 2.45) is 24.8 Å². The first kappa shape index (κ1) is 13.7. The highest BCUT2D eigenvalue weighted by Gasteiger charge is 2.42. The van der Waals surface area contributed by atoms with Crippen LogP contribution in [0.1, 0.15) is 54.4 Å². The van der Waals surface area contributed by atoms with E-state index in [0.717, 1.165) is 28.8 Å². The summed E-state index contributed by atoms with van der Waals surface area (Å²) < 4.78 is 1.78. The van der Waals surface area contributed by atoms with E-state index in [1.807, 2.05) is 20.9 Å². The molecule has 0 aromatic carbocycles. The molecule has 2 bridgehead atoms. The summed E-state index contributed by atoms with van der Waals surface area (Å²) in [5, 5.41) is 7.56. The molecule has 3 rings (SSSR count). The van der Waals surface area contributed by atoms with Gasteiger partial charge in [0.15, 0.2) is 0 Å². The van der Waals surface area contributed by atoms with Gasteiger partial charge in [-0.2, -0.15) is 5.10 Å². The lowest BCUT2D eigenvalue weighted by molar-refractivity contribution is 0.0914. The number of aryl methyl sites for hydroxylation is 2. The minimum absolute atomic E-state index is 0.0448. The van der Waals surface area contributed by atoms with Gasteiger partial charge in [-0.25, -0.2) is 0 Å². The molecular formula is C16H25N3O. The van der Waals surface area contributed by atoms with E-state index in [-0.39, 0.29) is 11.9 Å². The summed E-state index contributed by atoms with van der Waals surface area (Å²) in [4.78, 5) is 12.5. The first-order chi connectivity index (χ1) is 9.47. The summed E-state index contributed by atoms with van der Waals surface area (Å²) >= 11 is 0. The van der Waals surface area contributed by atoms with Gasteiger partial charge in [0.1, 0.15) is 0 Å². The Morgan fingerprint density at radius 2 is 2.10 bits per heavy atom. The predicted octanol–water partition coefficient (Wildman–Crippen LogP) is 2.59. The smallest absolute Gasteiger partial charge is 0.255 e. The van der Waals surface area contributed by atoms with Gasteiger partial charge >= 0.3 is 0 Å². The standard InChI is InChI=1S/C16H25N3O/c1-9(14-8-12-5-6-13(14)7-12)17-16(20)15-10(2)18-19(4)11(15)3/h9,12-14H,5-8H2,1-4H3,(H,17,20)/t9-,12-,13-,14+/m0/s1. The number of hydrogen-bond donors (Lipinski definition) is 1. The Kier molecular flexibility index (Phi) is 3.35. The van der Waals surface area contributed by atoms with Crippen LogP contribution in [0.15, 0.2) is 0 Å².